The Morgan fingerprint density at radius 2 is 1.70 bits per heavy atom. The van der Waals surface area contributed by atoms with E-state index >= 15 is 0 Å². The van der Waals surface area contributed by atoms with Gasteiger partial charge in [0.05, 0.1) is 0 Å². The number of benzene rings is 2. The van der Waals surface area contributed by atoms with Gasteiger partial charge >= 0.3 is 0 Å². The van der Waals surface area contributed by atoms with E-state index in [1.165, 1.54) is 5.56 Å². The minimum absolute atomic E-state index is 0.307. The molecule has 27 heavy (non-hydrogen) atoms. The van der Waals surface area contributed by atoms with Crippen LogP contribution in [0.25, 0.3) is 11.1 Å². The van der Waals surface area contributed by atoms with E-state index in [4.69, 9.17) is 0 Å². The van der Waals surface area contributed by atoms with Crippen LogP contribution in [0.4, 0.5) is 0 Å². The maximum atomic E-state index is 12.8. The highest BCUT2D eigenvalue weighted by Crippen LogP contribution is 2.28. The first-order chi connectivity index (χ1) is 12.8. The van der Waals surface area contributed by atoms with Crippen molar-refractivity contribution < 1.29 is 13.2 Å². The summed E-state index contributed by atoms with van der Waals surface area (Å²) in [5, 5.41) is 5.99. The number of nitrogens with one attached hydrogen (secondary N) is 2. The molecule has 0 aromatic heterocycles. The SMILES string of the molecule is Cc1cccc(-c2cccc(CNC(=O)C3(S(C)(=O)=O)CCNCC3)c2)c1. The number of amides is 1. The van der Waals surface area contributed by atoms with E-state index in [9.17, 15) is 13.2 Å². The summed E-state index contributed by atoms with van der Waals surface area (Å²) in [6.07, 6.45) is 1.78. The molecule has 1 amide bonds. The predicted molar refractivity (Wildman–Crippen MR) is 108 cm³/mol. The smallest absolute Gasteiger partial charge is 0.241 e. The molecule has 2 aromatic carbocycles. The summed E-state index contributed by atoms with van der Waals surface area (Å²) >= 11 is 0. The van der Waals surface area contributed by atoms with Gasteiger partial charge in [0.2, 0.25) is 5.91 Å². The molecule has 144 valence electrons. The van der Waals surface area contributed by atoms with Gasteiger partial charge in [0.25, 0.3) is 0 Å². The molecule has 0 unspecified atom stereocenters. The summed E-state index contributed by atoms with van der Waals surface area (Å²) in [6, 6.07) is 16.2. The first-order valence-electron chi connectivity index (χ1n) is 9.16. The van der Waals surface area contributed by atoms with Gasteiger partial charge in [-0.1, -0.05) is 48.0 Å². The number of carbonyl (C=O) groups is 1. The number of rotatable bonds is 5. The van der Waals surface area contributed by atoms with Crippen LogP contribution < -0.4 is 10.6 Å². The van der Waals surface area contributed by atoms with Crippen LogP contribution >= 0.6 is 0 Å². The highest BCUT2D eigenvalue weighted by Gasteiger charge is 2.48. The van der Waals surface area contributed by atoms with Gasteiger partial charge < -0.3 is 10.6 Å². The first kappa shape index (κ1) is 19.6. The van der Waals surface area contributed by atoms with Crippen LogP contribution in [0.2, 0.25) is 0 Å². The van der Waals surface area contributed by atoms with Gasteiger partial charge in [0.1, 0.15) is 0 Å². The van der Waals surface area contributed by atoms with Crippen molar-refractivity contribution in [2.45, 2.75) is 31.1 Å². The normalized spacial score (nSPS) is 16.7. The average Bonchev–Trinajstić information content (AvgIpc) is 2.66. The third kappa shape index (κ3) is 4.22. The molecule has 1 fully saturated rings. The minimum atomic E-state index is -3.50. The lowest BCUT2D eigenvalue weighted by molar-refractivity contribution is -0.124. The maximum Gasteiger partial charge on any atom is 0.241 e. The van der Waals surface area contributed by atoms with Crippen molar-refractivity contribution in [3.8, 4) is 11.1 Å². The Hall–Kier alpha value is -2.18. The van der Waals surface area contributed by atoms with Gasteiger partial charge in [-0.2, -0.15) is 0 Å². The number of sulfone groups is 1. The van der Waals surface area contributed by atoms with Crippen molar-refractivity contribution in [3.05, 3.63) is 59.7 Å². The molecule has 0 spiro atoms. The number of aryl methyl sites for hydroxylation is 1. The average molecular weight is 387 g/mol. The van der Waals surface area contributed by atoms with E-state index in [0.717, 1.165) is 22.9 Å². The standard InChI is InChI=1S/C21H26N2O3S/c1-16-5-3-7-18(13-16)19-8-4-6-17(14-19)15-23-20(24)21(27(2,25)26)9-11-22-12-10-21/h3-8,13-14,22H,9-12,15H2,1-2H3,(H,23,24). The van der Waals surface area contributed by atoms with E-state index in [1.54, 1.807) is 0 Å². The Labute approximate surface area is 161 Å². The lowest BCUT2D eigenvalue weighted by Gasteiger charge is -2.34. The molecule has 6 heteroatoms. The Morgan fingerprint density at radius 1 is 1.07 bits per heavy atom. The third-order valence-electron chi connectivity index (χ3n) is 5.27. The van der Waals surface area contributed by atoms with Crippen LogP contribution in [0.1, 0.15) is 24.0 Å². The van der Waals surface area contributed by atoms with Crippen molar-refractivity contribution in [2.24, 2.45) is 0 Å². The lowest BCUT2D eigenvalue weighted by Crippen LogP contribution is -2.57. The molecular weight excluding hydrogens is 360 g/mol. The Morgan fingerprint density at radius 3 is 2.33 bits per heavy atom. The summed E-state index contributed by atoms with van der Waals surface area (Å²) in [5.74, 6) is -0.396. The molecule has 3 rings (SSSR count). The van der Waals surface area contributed by atoms with Crippen LogP contribution in [0.3, 0.4) is 0 Å². The van der Waals surface area contributed by atoms with Crippen LogP contribution in [-0.2, 0) is 21.2 Å². The maximum absolute atomic E-state index is 12.8. The van der Waals surface area contributed by atoms with Crippen LogP contribution in [0.15, 0.2) is 48.5 Å². The summed E-state index contributed by atoms with van der Waals surface area (Å²) in [5.41, 5.74) is 4.33. The molecule has 0 atom stereocenters. The molecule has 2 N–H and O–H groups in total. The fourth-order valence-electron chi connectivity index (χ4n) is 3.63. The van der Waals surface area contributed by atoms with Crippen LogP contribution in [0, 0.1) is 6.92 Å². The molecule has 0 radical (unpaired) electrons. The number of hydrogen-bond acceptors (Lipinski definition) is 4. The predicted octanol–water partition coefficient (Wildman–Crippen LogP) is 2.45. The van der Waals surface area contributed by atoms with Gasteiger partial charge in [-0.05, 0) is 55.6 Å². The molecule has 0 aliphatic carbocycles. The van der Waals surface area contributed by atoms with Crippen molar-refractivity contribution >= 4 is 15.7 Å². The Bertz CT molecular complexity index is 932. The fourth-order valence-corrected chi connectivity index (χ4v) is 4.98. The lowest BCUT2D eigenvalue weighted by atomic mass is 9.95. The minimum Gasteiger partial charge on any atom is -0.351 e. The zero-order valence-corrected chi connectivity index (χ0v) is 16.6. The molecule has 0 bridgehead atoms. The zero-order valence-electron chi connectivity index (χ0n) is 15.8. The van der Waals surface area contributed by atoms with Gasteiger partial charge in [-0.25, -0.2) is 8.42 Å². The Balaban J connectivity index is 1.76. The number of carbonyl (C=O) groups excluding carboxylic acids is 1. The topological polar surface area (TPSA) is 75.3 Å². The molecule has 1 saturated heterocycles. The molecule has 2 aromatic rings. The van der Waals surface area contributed by atoms with E-state index in [0.29, 0.717) is 32.5 Å². The summed E-state index contributed by atoms with van der Waals surface area (Å²) < 4.78 is 23.4. The van der Waals surface area contributed by atoms with E-state index < -0.39 is 20.5 Å². The van der Waals surface area contributed by atoms with E-state index in [1.807, 2.05) is 30.3 Å². The summed E-state index contributed by atoms with van der Waals surface area (Å²) in [7, 11) is -3.50. The second kappa shape index (κ2) is 7.82. The second-order valence-electron chi connectivity index (χ2n) is 7.27. The zero-order chi connectivity index (χ0) is 19.5. The highest BCUT2D eigenvalue weighted by atomic mass is 32.2. The van der Waals surface area contributed by atoms with E-state index in [-0.39, 0.29) is 0 Å². The molecular formula is C21H26N2O3S. The number of piperidine rings is 1. The second-order valence-corrected chi connectivity index (χ2v) is 9.59. The quantitative estimate of drug-likeness (QED) is 0.828. The molecule has 1 aliphatic heterocycles. The largest absolute Gasteiger partial charge is 0.351 e. The van der Waals surface area contributed by atoms with Crippen LogP contribution in [0.5, 0.6) is 0 Å². The van der Waals surface area contributed by atoms with Crippen LogP contribution in [-0.4, -0.2) is 38.4 Å². The number of hydrogen-bond donors (Lipinski definition) is 2. The highest BCUT2D eigenvalue weighted by molar-refractivity contribution is 7.92. The van der Waals surface area contributed by atoms with Gasteiger partial charge in [0, 0.05) is 12.8 Å². The third-order valence-corrected chi connectivity index (χ3v) is 7.28. The molecule has 1 heterocycles. The van der Waals surface area contributed by atoms with Crippen molar-refractivity contribution in [3.63, 3.8) is 0 Å². The fraction of sp³-hybridized carbons (Fsp3) is 0.381. The molecule has 1 aliphatic rings. The Kier molecular flexibility index (Phi) is 5.67. The van der Waals surface area contributed by atoms with Gasteiger partial charge in [-0.15, -0.1) is 0 Å². The van der Waals surface area contributed by atoms with E-state index in [2.05, 4.69) is 35.8 Å². The van der Waals surface area contributed by atoms with Crippen molar-refractivity contribution in [1.29, 1.82) is 0 Å². The van der Waals surface area contributed by atoms with Gasteiger partial charge in [0.15, 0.2) is 14.6 Å². The first-order valence-corrected chi connectivity index (χ1v) is 11.1. The molecule has 0 saturated carbocycles. The summed E-state index contributed by atoms with van der Waals surface area (Å²) in [6.45, 7) is 3.42. The van der Waals surface area contributed by atoms with Crippen molar-refractivity contribution in [2.75, 3.05) is 19.3 Å². The van der Waals surface area contributed by atoms with Crippen molar-refractivity contribution in [1.82, 2.24) is 10.6 Å². The monoisotopic (exact) mass is 386 g/mol. The summed E-state index contributed by atoms with van der Waals surface area (Å²) in [4.78, 5) is 12.8. The molecule has 5 nitrogen and oxygen atoms in total. The van der Waals surface area contributed by atoms with Gasteiger partial charge in [-0.3, -0.25) is 4.79 Å².